The Bertz CT molecular complexity index is 1210. The lowest BCUT2D eigenvalue weighted by atomic mass is 9.92. The maximum absolute atomic E-state index is 13.1. The quantitative estimate of drug-likeness (QED) is 0.513. The van der Waals surface area contributed by atoms with Gasteiger partial charge in [0.2, 0.25) is 17.8 Å². The van der Waals surface area contributed by atoms with E-state index in [0.717, 1.165) is 21.2 Å². The van der Waals surface area contributed by atoms with Crippen LogP contribution in [0.3, 0.4) is 0 Å². The third-order valence-corrected chi connectivity index (χ3v) is 5.35. The molecule has 142 valence electrons. The first-order valence-corrected chi connectivity index (χ1v) is 9.26. The summed E-state index contributed by atoms with van der Waals surface area (Å²) in [5.74, 6) is -2.43. The second kappa shape index (κ2) is 6.38. The normalized spacial score (nSPS) is 20.6. The molecule has 1 saturated heterocycles. The number of hydrogen-bond donors (Lipinski definition) is 0. The number of carbonyl (C=O) groups is 3. The molecule has 2 amide bonds. The van der Waals surface area contributed by atoms with Crippen LogP contribution in [0, 0.1) is 12.8 Å². The van der Waals surface area contributed by atoms with Crippen LogP contribution in [0.5, 0.6) is 0 Å². The Morgan fingerprint density at radius 2 is 1.66 bits per heavy atom. The second-order valence-electron chi connectivity index (χ2n) is 7.22. The molecule has 0 aromatic heterocycles. The van der Waals surface area contributed by atoms with Crippen LogP contribution in [0.2, 0.25) is 0 Å². The van der Waals surface area contributed by atoms with Gasteiger partial charge in [0.15, 0.2) is 0 Å². The first-order chi connectivity index (χ1) is 14.0. The van der Waals surface area contributed by atoms with E-state index in [1.54, 1.807) is 24.3 Å². The molecule has 0 aliphatic carbocycles. The highest BCUT2D eigenvalue weighted by atomic mass is 16.7. The number of ketones is 1. The number of aryl methyl sites for hydroxylation is 1. The molecule has 3 aromatic rings. The number of amides is 2. The number of nitrogens with zero attached hydrogens (tertiary/aromatic N) is 2. The van der Waals surface area contributed by atoms with Gasteiger partial charge in [-0.1, -0.05) is 59.3 Å². The summed E-state index contributed by atoms with van der Waals surface area (Å²) < 4.78 is 0. The van der Waals surface area contributed by atoms with Gasteiger partial charge in [-0.05, 0) is 35.9 Å². The van der Waals surface area contributed by atoms with Crippen LogP contribution in [0.1, 0.15) is 15.9 Å². The van der Waals surface area contributed by atoms with E-state index in [9.17, 15) is 14.4 Å². The Kier molecular flexibility index (Phi) is 3.81. The number of fused-ring (bicyclic) bond motifs is 2. The van der Waals surface area contributed by atoms with Crippen LogP contribution in [-0.4, -0.2) is 29.4 Å². The molecule has 6 nitrogen and oxygen atoms in total. The molecule has 0 spiro atoms. The number of Topliss-reactive ketones (excluding diaryl/α,β-unsaturated/α-hetero) is 1. The van der Waals surface area contributed by atoms with Crippen molar-refractivity contribution in [1.82, 2.24) is 0 Å². The Hall–Kier alpha value is -3.80. The van der Waals surface area contributed by atoms with Crippen LogP contribution in [0.25, 0.3) is 10.8 Å². The van der Waals surface area contributed by atoms with E-state index < -0.39 is 29.6 Å². The van der Waals surface area contributed by atoms with Crippen molar-refractivity contribution in [3.8, 4) is 0 Å². The fourth-order valence-electron chi connectivity index (χ4n) is 3.79. The third-order valence-electron chi connectivity index (χ3n) is 5.35. The summed E-state index contributed by atoms with van der Waals surface area (Å²) in [5, 5.41) is 5.73. The van der Waals surface area contributed by atoms with E-state index in [4.69, 9.17) is 4.84 Å². The standard InChI is InChI=1S/C23H16N2O4/c1-13-6-10-17(11-7-13)25-22(27)18-19(24-29-21(18)23(25)28)20(26)16-9-8-14-4-2-3-5-15(14)12-16/h2-12,18,21H,1H3. The molecule has 2 unspecified atom stereocenters. The van der Waals surface area contributed by atoms with Gasteiger partial charge in [-0.2, -0.15) is 0 Å². The minimum absolute atomic E-state index is 0.0294. The van der Waals surface area contributed by atoms with E-state index in [2.05, 4.69) is 5.16 Å². The third kappa shape index (κ3) is 2.64. The highest BCUT2D eigenvalue weighted by Gasteiger charge is 2.57. The monoisotopic (exact) mass is 384 g/mol. The average molecular weight is 384 g/mol. The summed E-state index contributed by atoms with van der Waals surface area (Å²) in [4.78, 5) is 45.2. The summed E-state index contributed by atoms with van der Waals surface area (Å²) in [6, 6.07) is 20.0. The van der Waals surface area contributed by atoms with E-state index in [1.165, 1.54) is 0 Å². The number of anilines is 1. The smallest absolute Gasteiger partial charge is 0.278 e. The Balaban J connectivity index is 1.48. The van der Waals surface area contributed by atoms with Gasteiger partial charge < -0.3 is 4.84 Å². The van der Waals surface area contributed by atoms with Gasteiger partial charge in [0.25, 0.3) is 5.91 Å². The van der Waals surface area contributed by atoms with Crippen LogP contribution in [-0.2, 0) is 14.4 Å². The number of imide groups is 1. The highest BCUT2D eigenvalue weighted by molar-refractivity contribution is 6.52. The number of hydrogen-bond acceptors (Lipinski definition) is 5. The zero-order valence-corrected chi connectivity index (χ0v) is 15.5. The van der Waals surface area contributed by atoms with Crippen LogP contribution in [0.4, 0.5) is 5.69 Å². The first kappa shape index (κ1) is 17.3. The summed E-state index contributed by atoms with van der Waals surface area (Å²) in [6.45, 7) is 1.92. The fourth-order valence-corrected chi connectivity index (χ4v) is 3.79. The molecule has 0 N–H and O–H groups in total. The summed E-state index contributed by atoms with van der Waals surface area (Å²) in [5.41, 5.74) is 1.85. The van der Waals surface area contributed by atoms with Crippen LogP contribution in [0.15, 0.2) is 71.9 Å². The van der Waals surface area contributed by atoms with Crippen molar-refractivity contribution in [2.45, 2.75) is 13.0 Å². The number of rotatable bonds is 3. The lowest BCUT2D eigenvalue weighted by Gasteiger charge is -2.15. The van der Waals surface area contributed by atoms with E-state index in [0.29, 0.717) is 11.3 Å². The second-order valence-corrected chi connectivity index (χ2v) is 7.22. The first-order valence-electron chi connectivity index (χ1n) is 9.26. The Labute approximate surface area is 166 Å². The van der Waals surface area contributed by atoms with Crippen molar-refractivity contribution in [2.24, 2.45) is 11.1 Å². The predicted molar refractivity (Wildman–Crippen MR) is 108 cm³/mol. The zero-order valence-electron chi connectivity index (χ0n) is 15.5. The zero-order chi connectivity index (χ0) is 20.1. The number of oxime groups is 1. The van der Waals surface area contributed by atoms with Crippen molar-refractivity contribution in [1.29, 1.82) is 0 Å². The largest absolute Gasteiger partial charge is 0.381 e. The van der Waals surface area contributed by atoms with Gasteiger partial charge in [-0.25, -0.2) is 4.90 Å². The molecule has 29 heavy (non-hydrogen) atoms. The SMILES string of the molecule is Cc1ccc(N2C(=O)C3ON=C(C(=O)c4ccc5ccccc5c4)C3C2=O)cc1. The van der Waals surface area contributed by atoms with Gasteiger partial charge in [0.1, 0.15) is 11.6 Å². The summed E-state index contributed by atoms with van der Waals surface area (Å²) in [7, 11) is 0. The van der Waals surface area contributed by atoms with E-state index >= 15 is 0 Å². The fraction of sp³-hybridized carbons (Fsp3) is 0.130. The molecular weight excluding hydrogens is 368 g/mol. The number of carbonyl (C=O) groups excluding carboxylic acids is 3. The lowest BCUT2D eigenvalue weighted by molar-refractivity contribution is -0.126. The average Bonchev–Trinajstić information content (AvgIpc) is 3.28. The van der Waals surface area contributed by atoms with Crippen molar-refractivity contribution in [3.63, 3.8) is 0 Å². The van der Waals surface area contributed by atoms with Gasteiger partial charge >= 0.3 is 0 Å². The van der Waals surface area contributed by atoms with Crippen molar-refractivity contribution >= 4 is 39.8 Å². The molecule has 1 fully saturated rings. The van der Waals surface area contributed by atoms with Gasteiger partial charge in [0.05, 0.1) is 5.69 Å². The Morgan fingerprint density at radius 1 is 0.931 bits per heavy atom. The molecule has 6 heteroatoms. The molecule has 2 heterocycles. The number of benzene rings is 3. The highest BCUT2D eigenvalue weighted by Crippen LogP contribution is 2.34. The van der Waals surface area contributed by atoms with E-state index in [-0.39, 0.29) is 5.71 Å². The summed E-state index contributed by atoms with van der Waals surface area (Å²) >= 11 is 0. The van der Waals surface area contributed by atoms with Crippen molar-refractivity contribution in [3.05, 3.63) is 77.9 Å². The molecule has 0 saturated carbocycles. The molecule has 0 bridgehead atoms. The molecule has 3 aromatic carbocycles. The minimum atomic E-state index is -1.09. The molecule has 2 aliphatic heterocycles. The van der Waals surface area contributed by atoms with Gasteiger partial charge in [-0.3, -0.25) is 14.4 Å². The maximum atomic E-state index is 13.1. The van der Waals surface area contributed by atoms with Gasteiger partial charge in [-0.15, -0.1) is 0 Å². The van der Waals surface area contributed by atoms with Gasteiger partial charge in [0, 0.05) is 5.56 Å². The Morgan fingerprint density at radius 3 is 2.41 bits per heavy atom. The molecule has 0 radical (unpaired) electrons. The van der Waals surface area contributed by atoms with Crippen molar-refractivity contribution < 1.29 is 19.2 Å². The van der Waals surface area contributed by atoms with Crippen molar-refractivity contribution in [2.75, 3.05) is 4.90 Å². The maximum Gasteiger partial charge on any atom is 0.278 e. The molecule has 2 aliphatic rings. The lowest BCUT2D eigenvalue weighted by Crippen LogP contribution is -2.34. The van der Waals surface area contributed by atoms with E-state index in [1.807, 2.05) is 49.4 Å². The minimum Gasteiger partial charge on any atom is -0.381 e. The van der Waals surface area contributed by atoms with Crippen LogP contribution < -0.4 is 4.90 Å². The van der Waals surface area contributed by atoms with Crippen LogP contribution >= 0.6 is 0 Å². The molecular formula is C23H16N2O4. The topological polar surface area (TPSA) is 76.0 Å². The molecule has 5 rings (SSSR count). The summed E-state index contributed by atoms with van der Waals surface area (Å²) in [6.07, 6.45) is -1.09. The molecule has 2 atom stereocenters. The predicted octanol–water partition coefficient (Wildman–Crippen LogP) is 3.28.